The third kappa shape index (κ3) is 4.07. The van der Waals surface area contributed by atoms with Crippen molar-refractivity contribution in [1.82, 2.24) is 9.88 Å². The molecule has 0 amide bonds. The molecule has 0 bridgehead atoms. The minimum atomic E-state index is 0.377. The number of nitrogens with zero attached hydrogens (tertiary/aromatic N) is 2. The van der Waals surface area contributed by atoms with Crippen molar-refractivity contribution in [3.05, 3.63) is 53.0 Å². The molecule has 0 radical (unpaired) electrons. The highest BCUT2D eigenvalue weighted by Gasteiger charge is 2.28. The van der Waals surface area contributed by atoms with Crippen LogP contribution >= 0.6 is 11.3 Å². The van der Waals surface area contributed by atoms with Crippen LogP contribution in [0.5, 0.6) is 23.0 Å². The minimum absolute atomic E-state index is 0.377. The molecular formula is C24H26N2O4S. The van der Waals surface area contributed by atoms with E-state index in [1.165, 1.54) is 12.0 Å². The Morgan fingerprint density at radius 3 is 2.71 bits per heavy atom. The van der Waals surface area contributed by atoms with Crippen molar-refractivity contribution in [2.75, 3.05) is 34.0 Å². The Bertz CT molecular complexity index is 1070. The van der Waals surface area contributed by atoms with Crippen molar-refractivity contribution >= 4 is 11.3 Å². The summed E-state index contributed by atoms with van der Waals surface area (Å²) in [5.74, 6) is 3.15. The number of rotatable bonds is 6. The third-order valence-corrected chi connectivity index (χ3v) is 6.80. The number of thiazole rings is 1. The minimum Gasteiger partial charge on any atom is -0.493 e. The first-order valence-electron chi connectivity index (χ1n) is 10.6. The zero-order valence-corrected chi connectivity index (χ0v) is 18.6. The van der Waals surface area contributed by atoms with Gasteiger partial charge in [-0.3, -0.25) is 4.90 Å². The highest BCUT2D eigenvalue weighted by Crippen LogP contribution is 2.39. The summed E-state index contributed by atoms with van der Waals surface area (Å²) in [6, 6.07) is 12.7. The Hall–Kier alpha value is -2.77. The Balaban J connectivity index is 1.33. The molecule has 162 valence electrons. The number of aromatic nitrogens is 1. The van der Waals surface area contributed by atoms with Crippen LogP contribution in [0.15, 0.2) is 41.8 Å². The molecule has 0 saturated carbocycles. The molecule has 6 nitrogen and oxygen atoms in total. The standard InChI is InChI=1S/C24H26N2O4S/c1-27-20-7-6-17(13-22(20)28-2)24-25-18(15-31-24)14-26-9-3-4-19(26)16-5-8-21-23(12-16)30-11-10-29-21/h5-8,12-13,15,19H,3-4,9-11,14H2,1-2H3. The lowest BCUT2D eigenvalue weighted by Crippen LogP contribution is -2.23. The summed E-state index contributed by atoms with van der Waals surface area (Å²) in [5, 5.41) is 3.15. The van der Waals surface area contributed by atoms with Crippen LogP contribution in [0.2, 0.25) is 0 Å². The summed E-state index contributed by atoms with van der Waals surface area (Å²) in [6.07, 6.45) is 2.33. The van der Waals surface area contributed by atoms with E-state index >= 15 is 0 Å². The fourth-order valence-corrected chi connectivity index (χ4v) is 5.16. The molecule has 1 aromatic heterocycles. The zero-order chi connectivity index (χ0) is 21.2. The first kappa shape index (κ1) is 20.2. The molecule has 1 saturated heterocycles. The predicted octanol–water partition coefficient (Wildman–Crippen LogP) is 4.94. The Labute approximate surface area is 186 Å². The van der Waals surface area contributed by atoms with Gasteiger partial charge in [0, 0.05) is 23.5 Å². The molecule has 2 aliphatic heterocycles. The first-order chi connectivity index (χ1) is 15.2. The van der Waals surface area contributed by atoms with E-state index < -0.39 is 0 Å². The third-order valence-electron chi connectivity index (χ3n) is 5.86. The molecule has 0 aliphatic carbocycles. The van der Waals surface area contributed by atoms with Crippen LogP contribution in [0.4, 0.5) is 0 Å². The molecule has 1 unspecified atom stereocenters. The Morgan fingerprint density at radius 1 is 1.03 bits per heavy atom. The van der Waals surface area contributed by atoms with E-state index in [4.69, 9.17) is 23.9 Å². The summed E-state index contributed by atoms with van der Waals surface area (Å²) < 4.78 is 22.3. The summed E-state index contributed by atoms with van der Waals surface area (Å²) in [4.78, 5) is 7.42. The van der Waals surface area contributed by atoms with Gasteiger partial charge in [0.1, 0.15) is 18.2 Å². The van der Waals surface area contributed by atoms with Crippen LogP contribution in [-0.4, -0.2) is 43.9 Å². The fourth-order valence-electron chi connectivity index (χ4n) is 4.35. The lowest BCUT2D eigenvalue weighted by Gasteiger charge is -2.26. The number of benzene rings is 2. The number of fused-ring (bicyclic) bond motifs is 1. The monoisotopic (exact) mass is 438 g/mol. The van der Waals surface area contributed by atoms with Crippen molar-refractivity contribution in [3.8, 4) is 33.6 Å². The van der Waals surface area contributed by atoms with Crippen molar-refractivity contribution in [1.29, 1.82) is 0 Å². The highest BCUT2D eigenvalue weighted by molar-refractivity contribution is 7.13. The average Bonchev–Trinajstić information content (AvgIpc) is 3.48. The van der Waals surface area contributed by atoms with Crippen LogP contribution in [0.1, 0.15) is 30.1 Å². The van der Waals surface area contributed by atoms with Crippen LogP contribution in [0.25, 0.3) is 10.6 Å². The molecule has 31 heavy (non-hydrogen) atoms. The molecule has 2 aliphatic rings. The predicted molar refractivity (Wildman–Crippen MR) is 120 cm³/mol. The Morgan fingerprint density at radius 2 is 1.87 bits per heavy atom. The van der Waals surface area contributed by atoms with Crippen molar-refractivity contribution in [2.45, 2.75) is 25.4 Å². The first-order valence-corrected chi connectivity index (χ1v) is 11.4. The Kier molecular flexibility index (Phi) is 5.70. The van der Waals surface area contributed by atoms with E-state index in [0.717, 1.165) is 58.8 Å². The maximum atomic E-state index is 5.79. The summed E-state index contributed by atoms with van der Waals surface area (Å²) >= 11 is 1.66. The number of ether oxygens (including phenoxy) is 4. The number of hydrogen-bond donors (Lipinski definition) is 0. The van der Waals surface area contributed by atoms with Crippen LogP contribution in [0, 0.1) is 0 Å². The molecule has 7 heteroatoms. The van der Waals surface area contributed by atoms with Crippen LogP contribution in [0.3, 0.4) is 0 Å². The maximum Gasteiger partial charge on any atom is 0.161 e. The normalized spacial score (nSPS) is 18.2. The van der Waals surface area contributed by atoms with Gasteiger partial charge in [-0.25, -0.2) is 4.98 Å². The maximum absolute atomic E-state index is 5.79. The number of methoxy groups -OCH3 is 2. The summed E-state index contributed by atoms with van der Waals surface area (Å²) in [7, 11) is 3.30. The van der Waals surface area contributed by atoms with Crippen molar-refractivity contribution in [3.63, 3.8) is 0 Å². The van der Waals surface area contributed by atoms with Crippen LogP contribution in [-0.2, 0) is 6.54 Å². The van der Waals surface area contributed by atoms with Gasteiger partial charge < -0.3 is 18.9 Å². The van der Waals surface area contributed by atoms with Gasteiger partial charge in [0.05, 0.1) is 19.9 Å². The lowest BCUT2D eigenvalue weighted by molar-refractivity contribution is 0.170. The lowest BCUT2D eigenvalue weighted by atomic mass is 10.0. The second-order valence-electron chi connectivity index (χ2n) is 7.75. The summed E-state index contributed by atoms with van der Waals surface area (Å²) in [6.45, 7) is 3.14. The van der Waals surface area contributed by atoms with Gasteiger partial charge >= 0.3 is 0 Å². The number of hydrogen-bond acceptors (Lipinski definition) is 7. The van der Waals surface area contributed by atoms with E-state index in [9.17, 15) is 0 Å². The van der Waals surface area contributed by atoms with Gasteiger partial charge in [-0.15, -0.1) is 11.3 Å². The van der Waals surface area contributed by atoms with Gasteiger partial charge in [-0.1, -0.05) is 6.07 Å². The van der Waals surface area contributed by atoms with Gasteiger partial charge in [-0.05, 0) is 55.3 Å². The molecular weight excluding hydrogens is 412 g/mol. The highest BCUT2D eigenvalue weighted by atomic mass is 32.1. The van der Waals surface area contributed by atoms with Crippen LogP contribution < -0.4 is 18.9 Å². The van der Waals surface area contributed by atoms with E-state index in [2.05, 4.69) is 22.4 Å². The SMILES string of the molecule is COc1ccc(-c2nc(CN3CCCC3c3ccc4c(c3)OCCO4)cs2)cc1OC. The topological polar surface area (TPSA) is 53.1 Å². The van der Waals surface area contributed by atoms with Gasteiger partial charge in [-0.2, -0.15) is 0 Å². The number of likely N-dealkylation sites (tertiary alicyclic amines) is 1. The van der Waals surface area contributed by atoms with Crippen molar-refractivity contribution in [2.24, 2.45) is 0 Å². The van der Waals surface area contributed by atoms with E-state index in [-0.39, 0.29) is 0 Å². The fraction of sp³-hybridized carbons (Fsp3) is 0.375. The average molecular weight is 439 g/mol. The summed E-state index contributed by atoms with van der Waals surface area (Å²) in [5.41, 5.74) is 3.43. The van der Waals surface area contributed by atoms with Gasteiger partial charge in [0.15, 0.2) is 23.0 Å². The molecule has 0 N–H and O–H groups in total. The van der Waals surface area contributed by atoms with E-state index in [1.807, 2.05) is 24.3 Å². The van der Waals surface area contributed by atoms with Gasteiger partial charge in [0.25, 0.3) is 0 Å². The quantitative estimate of drug-likeness (QED) is 0.544. The molecule has 3 aromatic rings. The molecule has 0 spiro atoms. The molecule has 3 heterocycles. The van der Waals surface area contributed by atoms with E-state index in [1.54, 1.807) is 25.6 Å². The second kappa shape index (κ2) is 8.77. The van der Waals surface area contributed by atoms with Gasteiger partial charge in [0.2, 0.25) is 0 Å². The molecule has 1 atom stereocenters. The zero-order valence-electron chi connectivity index (χ0n) is 17.8. The molecule has 1 fully saturated rings. The molecule has 5 rings (SSSR count). The van der Waals surface area contributed by atoms with Crippen molar-refractivity contribution < 1.29 is 18.9 Å². The van der Waals surface area contributed by atoms with E-state index in [0.29, 0.717) is 19.3 Å². The molecule has 2 aromatic carbocycles. The second-order valence-corrected chi connectivity index (χ2v) is 8.60. The smallest absolute Gasteiger partial charge is 0.161 e. The largest absolute Gasteiger partial charge is 0.493 e.